The third kappa shape index (κ3) is 2.20. The predicted molar refractivity (Wildman–Crippen MR) is 76.7 cm³/mol. The van der Waals surface area contributed by atoms with Gasteiger partial charge in [0.05, 0.1) is 6.07 Å². The maximum absolute atomic E-state index is 12.8. The number of fused-ring (bicyclic) bond motifs is 1. The summed E-state index contributed by atoms with van der Waals surface area (Å²) in [5.74, 6) is 0.0641. The lowest BCUT2D eigenvalue weighted by atomic mass is 9.86. The molecule has 3 nitrogen and oxygen atoms in total. The third-order valence-electron chi connectivity index (χ3n) is 4.72. The number of carbonyl (C=O) groups excluding carboxylic acids is 1. The van der Waals surface area contributed by atoms with E-state index in [1.165, 1.54) is 11.1 Å². The fraction of sp³-hybridized carbons (Fsp3) is 0.529. The van der Waals surface area contributed by atoms with Crippen molar-refractivity contribution in [2.75, 3.05) is 6.54 Å². The minimum Gasteiger partial charge on any atom is -0.337 e. The van der Waals surface area contributed by atoms with Gasteiger partial charge in [-0.25, -0.2) is 0 Å². The molecule has 0 N–H and O–H groups in total. The normalized spacial score (nSPS) is 20.9. The summed E-state index contributed by atoms with van der Waals surface area (Å²) in [7, 11) is 0. The Hall–Kier alpha value is -1.82. The molecule has 0 spiro atoms. The molecule has 0 unspecified atom stereocenters. The van der Waals surface area contributed by atoms with Gasteiger partial charge < -0.3 is 4.90 Å². The average molecular weight is 268 g/mol. The molecule has 0 aromatic heterocycles. The molecular weight excluding hydrogens is 248 g/mol. The first-order valence-corrected chi connectivity index (χ1v) is 7.53. The van der Waals surface area contributed by atoms with E-state index in [0.29, 0.717) is 6.54 Å². The van der Waals surface area contributed by atoms with Gasteiger partial charge in [-0.3, -0.25) is 4.79 Å². The average Bonchev–Trinajstić information content (AvgIpc) is 2.87. The van der Waals surface area contributed by atoms with Crippen molar-refractivity contribution in [1.82, 2.24) is 4.90 Å². The Morgan fingerprint density at radius 3 is 2.55 bits per heavy atom. The van der Waals surface area contributed by atoms with E-state index in [2.05, 4.69) is 24.3 Å². The first kappa shape index (κ1) is 13.2. The Kier molecular flexibility index (Phi) is 3.48. The molecule has 0 bridgehead atoms. The van der Waals surface area contributed by atoms with Crippen molar-refractivity contribution in [3.05, 3.63) is 35.4 Å². The van der Waals surface area contributed by atoms with Gasteiger partial charge >= 0.3 is 0 Å². The first-order valence-electron chi connectivity index (χ1n) is 7.53. The second-order valence-corrected chi connectivity index (χ2v) is 6.00. The zero-order valence-electron chi connectivity index (χ0n) is 11.8. The van der Waals surface area contributed by atoms with Gasteiger partial charge in [0.1, 0.15) is 5.41 Å². The van der Waals surface area contributed by atoms with Crippen molar-refractivity contribution >= 4 is 5.91 Å². The Bertz CT molecular complexity index is 552. The highest BCUT2D eigenvalue weighted by molar-refractivity contribution is 5.86. The lowest BCUT2D eigenvalue weighted by Crippen LogP contribution is -2.41. The van der Waals surface area contributed by atoms with Crippen molar-refractivity contribution in [3.8, 4) is 6.07 Å². The molecule has 20 heavy (non-hydrogen) atoms. The topological polar surface area (TPSA) is 44.1 Å². The Morgan fingerprint density at radius 1 is 1.15 bits per heavy atom. The van der Waals surface area contributed by atoms with Gasteiger partial charge in [-0.15, -0.1) is 0 Å². The monoisotopic (exact) mass is 268 g/mol. The molecule has 3 heteroatoms. The van der Waals surface area contributed by atoms with Gasteiger partial charge in [0, 0.05) is 13.1 Å². The number of amides is 1. The van der Waals surface area contributed by atoms with Crippen LogP contribution in [0.3, 0.4) is 0 Å². The van der Waals surface area contributed by atoms with Crippen LogP contribution in [0.15, 0.2) is 24.3 Å². The highest BCUT2D eigenvalue weighted by Gasteiger charge is 2.44. The smallest absolute Gasteiger partial charge is 0.243 e. The van der Waals surface area contributed by atoms with E-state index in [9.17, 15) is 10.1 Å². The standard InChI is InChI=1S/C17H20N2O/c18-13-17(9-3-4-10-17)16(20)19-11-5-8-14-6-1-2-7-15(14)12-19/h1-2,6-7H,3-5,8-12H2. The minimum atomic E-state index is -0.737. The quantitative estimate of drug-likeness (QED) is 0.785. The number of benzene rings is 1. The van der Waals surface area contributed by atoms with E-state index in [-0.39, 0.29) is 5.91 Å². The number of nitriles is 1. The fourth-order valence-electron chi connectivity index (χ4n) is 3.53. The molecule has 1 aliphatic carbocycles. The summed E-state index contributed by atoms with van der Waals surface area (Å²) in [5, 5.41) is 9.49. The largest absolute Gasteiger partial charge is 0.337 e. The van der Waals surface area contributed by atoms with Gasteiger partial charge in [-0.1, -0.05) is 37.1 Å². The second-order valence-electron chi connectivity index (χ2n) is 6.00. The molecule has 2 aliphatic rings. The molecule has 1 amide bonds. The zero-order chi connectivity index (χ0) is 14.0. The number of aryl methyl sites for hydroxylation is 1. The van der Waals surface area contributed by atoms with Crippen LogP contribution in [0.1, 0.15) is 43.2 Å². The van der Waals surface area contributed by atoms with Gasteiger partial charge in [-0.05, 0) is 36.8 Å². The summed E-state index contributed by atoms with van der Waals surface area (Å²) in [5.41, 5.74) is 1.85. The minimum absolute atomic E-state index is 0.0641. The predicted octanol–water partition coefficient (Wildman–Crippen LogP) is 3.05. The number of rotatable bonds is 1. The van der Waals surface area contributed by atoms with Crippen LogP contribution in [-0.4, -0.2) is 17.4 Å². The zero-order valence-corrected chi connectivity index (χ0v) is 11.8. The van der Waals surface area contributed by atoms with Gasteiger partial charge in [0.25, 0.3) is 0 Å². The van der Waals surface area contributed by atoms with E-state index in [1.54, 1.807) is 0 Å². The summed E-state index contributed by atoms with van der Waals surface area (Å²) in [6.07, 6.45) is 5.50. The van der Waals surface area contributed by atoms with Crippen LogP contribution in [0.2, 0.25) is 0 Å². The molecule has 0 radical (unpaired) electrons. The van der Waals surface area contributed by atoms with E-state index in [1.807, 2.05) is 11.0 Å². The number of hydrogen-bond acceptors (Lipinski definition) is 2. The highest BCUT2D eigenvalue weighted by atomic mass is 16.2. The lowest BCUT2D eigenvalue weighted by Gasteiger charge is -2.29. The summed E-state index contributed by atoms with van der Waals surface area (Å²) in [6.45, 7) is 1.44. The number of hydrogen-bond donors (Lipinski definition) is 0. The fourth-order valence-corrected chi connectivity index (χ4v) is 3.53. The molecule has 1 aromatic carbocycles. The SMILES string of the molecule is N#CC1(C(=O)N2CCCc3ccccc3C2)CCCC1. The van der Waals surface area contributed by atoms with Crippen molar-refractivity contribution in [2.45, 2.75) is 45.1 Å². The van der Waals surface area contributed by atoms with Crippen molar-refractivity contribution in [3.63, 3.8) is 0 Å². The van der Waals surface area contributed by atoms with E-state index < -0.39 is 5.41 Å². The van der Waals surface area contributed by atoms with Crippen molar-refractivity contribution in [1.29, 1.82) is 5.26 Å². The molecule has 1 saturated carbocycles. The van der Waals surface area contributed by atoms with Crippen molar-refractivity contribution in [2.24, 2.45) is 5.41 Å². The van der Waals surface area contributed by atoms with Crippen LogP contribution in [0.5, 0.6) is 0 Å². The number of nitrogens with zero attached hydrogens (tertiary/aromatic N) is 2. The molecule has 0 atom stereocenters. The van der Waals surface area contributed by atoms with Crippen LogP contribution in [0.4, 0.5) is 0 Å². The van der Waals surface area contributed by atoms with Crippen LogP contribution in [-0.2, 0) is 17.8 Å². The van der Waals surface area contributed by atoms with Gasteiger partial charge in [-0.2, -0.15) is 5.26 Å². The summed E-state index contributed by atoms with van der Waals surface area (Å²) >= 11 is 0. The molecule has 3 rings (SSSR count). The Morgan fingerprint density at radius 2 is 1.85 bits per heavy atom. The summed E-state index contributed by atoms with van der Waals surface area (Å²) in [6, 6.07) is 10.7. The van der Waals surface area contributed by atoms with E-state index >= 15 is 0 Å². The Balaban J connectivity index is 1.84. The maximum Gasteiger partial charge on any atom is 0.243 e. The summed E-state index contributed by atoms with van der Waals surface area (Å²) in [4.78, 5) is 14.7. The molecule has 1 heterocycles. The van der Waals surface area contributed by atoms with Crippen LogP contribution in [0, 0.1) is 16.7 Å². The summed E-state index contributed by atoms with van der Waals surface area (Å²) < 4.78 is 0. The van der Waals surface area contributed by atoms with Crippen molar-refractivity contribution < 1.29 is 4.79 Å². The van der Waals surface area contributed by atoms with E-state index in [4.69, 9.17) is 0 Å². The van der Waals surface area contributed by atoms with Gasteiger partial charge in [0.15, 0.2) is 0 Å². The molecule has 0 saturated heterocycles. The Labute approximate surface area is 120 Å². The second kappa shape index (κ2) is 5.28. The molecular formula is C17H20N2O. The molecule has 104 valence electrons. The van der Waals surface area contributed by atoms with Crippen LogP contribution < -0.4 is 0 Å². The molecule has 1 fully saturated rings. The maximum atomic E-state index is 12.8. The highest BCUT2D eigenvalue weighted by Crippen LogP contribution is 2.39. The number of carbonyl (C=O) groups is 1. The first-order chi connectivity index (χ1) is 9.75. The van der Waals surface area contributed by atoms with Crippen LogP contribution in [0.25, 0.3) is 0 Å². The van der Waals surface area contributed by atoms with E-state index in [0.717, 1.165) is 45.1 Å². The molecule has 1 aromatic rings. The lowest BCUT2D eigenvalue weighted by molar-refractivity contribution is -0.139. The van der Waals surface area contributed by atoms with Gasteiger partial charge in [0.2, 0.25) is 5.91 Å². The van der Waals surface area contributed by atoms with Crippen LogP contribution >= 0.6 is 0 Å². The third-order valence-corrected chi connectivity index (χ3v) is 4.72. The molecule has 1 aliphatic heterocycles.